The molecular formula is C16H18O2. The zero-order valence-electron chi connectivity index (χ0n) is 10.6. The van der Waals surface area contributed by atoms with E-state index in [2.05, 4.69) is 0 Å². The van der Waals surface area contributed by atoms with Gasteiger partial charge in [-0.25, -0.2) is 0 Å². The molecule has 0 unspecified atom stereocenters. The van der Waals surface area contributed by atoms with Crippen molar-refractivity contribution in [2.45, 2.75) is 32.6 Å². The predicted molar refractivity (Wildman–Crippen MR) is 72.5 cm³/mol. The van der Waals surface area contributed by atoms with E-state index in [9.17, 15) is 9.90 Å². The molecule has 0 radical (unpaired) electrons. The van der Waals surface area contributed by atoms with Crippen LogP contribution in [-0.2, 0) is 11.2 Å². The molecule has 0 saturated carbocycles. The summed E-state index contributed by atoms with van der Waals surface area (Å²) in [6.45, 7) is 1.96. The molecule has 0 atom stereocenters. The summed E-state index contributed by atoms with van der Waals surface area (Å²) < 4.78 is 0. The van der Waals surface area contributed by atoms with Crippen LogP contribution < -0.4 is 0 Å². The normalized spacial score (nSPS) is 16.6. The molecule has 0 fully saturated rings. The molecule has 1 aliphatic rings. The van der Waals surface area contributed by atoms with Gasteiger partial charge < -0.3 is 5.11 Å². The van der Waals surface area contributed by atoms with Crippen LogP contribution in [0.5, 0.6) is 5.75 Å². The molecule has 0 amide bonds. The van der Waals surface area contributed by atoms with Gasteiger partial charge in [-0.15, -0.1) is 0 Å². The Labute approximate surface area is 108 Å². The Kier molecular flexibility index (Phi) is 3.98. The van der Waals surface area contributed by atoms with Crippen LogP contribution in [0, 0.1) is 0 Å². The lowest BCUT2D eigenvalue weighted by Gasteiger charge is -2.17. The fraction of sp³-hybridized carbons (Fsp3) is 0.312. The fourth-order valence-electron chi connectivity index (χ4n) is 2.37. The van der Waals surface area contributed by atoms with E-state index in [4.69, 9.17) is 0 Å². The largest absolute Gasteiger partial charge is 0.508 e. The summed E-state index contributed by atoms with van der Waals surface area (Å²) in [6.07, 6.45) is 7.04. The Morgan fingerprint density at radius 2 is 2.06 bits per heavy atom. The summed E-state index contributed by atoms with van der Waals surface area (Å²) in [4.78, 5) is 12.0. The lowest BCUT2D eigenvalue weighted by Crippen LogP contribution is -2.13. The number of hydrogen-bond acceptors (Lipinski definition) is 2. The van der Waals surface area contributed by atoms with E-state index in [1.165, 1.54) is 0 Å². The number of aromatic hydroxyl groups is 1. The first-order valence-corrected chi connectivity index (χ1v) is 6.37. The highest BCUT2D eigenvalue weighted by Crippen LogP contribution is 2.28. The minimum Gasteiger partial charge on any atom is -0.508 e. The summed E-state index contributed by atoms with van der Waals surface area (Å²) in [5.41, 5.74) is 2.81. The first kappa shape index (κ1) is 12.6. The van der Waals surface area contributed by atoms with E-state index in [-0.39, 0.29) is 11.5 Å². The highest BCUT2D eigenvalue weighted by Gasteiger charge is 2.19. The lowest BCUT2D eigenvalue weighted by molar-refractivity contribution is -0.116. The molecule has 0 saturated heterocycles. The van der Waals surface area contributed by atoms with Crippen molar-refractivity contribution in [3.8, 4) is 5.75 Å². The molecule has 0 bridgehead atoms. The zero-order chi connectivity index (χ0) is 13.0. The Bertz CT molecular complexity index is 510. The molecule has 94 valence electrons. The Morgan fingerprint density at radius 1 is 1.28 bits per heavy atom. The van der Waals surface area contributed by atoms with Crippen molar-refractivity contribution in [2.24, 2.45) is 0 Å². The Morgan fingerprint density at radius 3 is 2.78 bits per heavy atom. The number of ketones is 1. The van der Waals surface area contributed by atoms with Crippen molar-refractivity contribution in [1.82, 2.24) is 0 Å². The number of Topliss-reactive ketones (excluding diaryl/α,β-unsaturated/α-hetero) is 1. The summed E-state index contributed by atoms with van der Waals surface area (Å²) in [6, 6.07) is 7.22. The highest BCUT2D eigenvalue weighted by molar-refractivity contribution is 5.97. The summed E-state index contributed by atoms with van der Waals surface area (Å²) in [5.74, 6) is 0.487. The van der Waals surface area contributed by atoms with E-state index in [1.807, 2.05) is 31.2 Å². The number of allylic oxidation sites excluding steroid dienone is 4. The molecule has 0 aliphatic heterocycles. The van der Waals surface area contributed by atoms with Crippen LogP contribution in [0.1, 0.15) is 31.7 Å². The van der Waals surface area contributed by atoms with E-state index >= 15 is 0 Å². The van der Waals surface area contributed by atoms with Crippen LogP contribution in [0.2, 0.25) is 0 Å². The Balaban J connectivity index is 2.34. The van der Waals surface area contributed by atoms with Crippen molar-refractivity contribution in [3.63, 3.8) is 0 Å². The SMILES string of the molecule is C/C=C/C1=C(Cc2ccccc2O)C(=O)CCC1. The molecule has 2 heteroatoms. The molecular weight excluding hydrogens is 224 g/mol. The van der Waals surface area contributed by atoms with Gasteiger partial charge in [0.15, 0.2) is 5.78 Å². The molecule has 0 heterocycles. The van der Waals surface area contributed by atoms with Crippen LogP contribution in [-0.4, -0.2) is 10.9 Å². The fourth-order valence-corrected chi connectivity index (χ4v) is 2.37. The molecule has 1 aliphatic carbocycles. The van der Waals surface area contributed by atoms with Gasteiger partial charge in [-0.3, -0.25) is 4.79 Å². The number of carbonyl (C=O) groups excluding carboxylic acids is 1. The maximum atomic E-state index is 12.0. The van der Waals surface area contributed by atoms with E-state index in [0.717, 1.165) is 29.6 Å². The molecule has 1 aromatic carbocycles. The molecule has 2 nitrogen and oxygen atoms in total. The van der Waals surface area contributed by atoms with E-state index in [1.54, 1.807) is 12.1 Å². The molecule has 2 rings (SSSR count). The number of phenolic OH excluding ortho intramolecular Hbond substituents is 1. The molecule has 1 aromatic rings. The molecule has 1 N–H and O–H groups in total. The van der Waals surface area contributed by atoms with Crippen LogP contribution in [0.15, 0.2) is 47.6 Å². The van der Waals surface area contributed by atoms with Gasteiger partial charge >= 0.3 is 0 Å². The van der Waals surface area contributed by atoms with Gasteiger partial charge in [0.1, 0.15) is 5.75 Å². The van der Waals surface area contributed by atoms with Crippen LogP contribution in [0.25, 0.3) is 0 Å². The maximum Gasteiger partial charge on any atom is 0.159 e. The van der Waals surface area contributed by atoms with Gasteiger partial charge in [0, 0.05) is 18.4 Å². The van der Waals surface area contributed by atoms with Crippen LogP contribution >= 0.6 is 0 Å². The standard InChI is InChI=1S/C16H18O2/c1-2-6-12-8-5-10-16(18)14(12)11-13-7-3-4-9-15(13)17/h2-4,6-7,9,17H,5,8,10-11H2,1H3/b6-2+. The molecule has 0 spiro atoms. The lowest BCUT2D eigenvalue weighted by atomic mass is 9.86. The van der Waals surface area contributed by atoms with Gasteiger partial charge in [-0.05, 0) is 37.0 Å². The van der Waals surface area contributed by atoms with Crippen molar-refractivity contribution >= 4 is 5.78 Å². The maximum absolute atomic E-state index is 12.0. The third-order valence-electron chi connectivity index (χ3n) is 3.30. The minimum absolute atomic E-state index is 0.220. The second kappa shape index (κ2) is 5.67. The molecule has 18 heavy (non-hydrogen) atoms. The zero-order valence-corrected chi connectivity index (χ0v) is 10.6. The number of para-hydroxylation sites is 1. The van der Waals surface area contributed by atoms with Gasteiger partial charge in [0.05, 0.1) is 0 Å². The number of phenols is 1. The van der Waals surface area contributed by atoms with Gasteiger partial charge in [0.2, 0.25) is 0 Å². The number of rotatable bonds is 3. The minimum atomic E-state index is 0.220. The topological polar surface area (TPSA) is 37.3 Å². The second-order valence-corrected chi connectivity index (χ2v) is 4.59. The van der Waals surface area contributed by atoms with Crippen molar-refractivity contribution in [2.75, 3.05) is 0 Å². The summed E-state index contributed by atoms with van der Waals surface area (Å²) >= 11 is 0. The quantitative estimate of drug-likeness (QED) is 0.880. The predicted octanol–water partition coefficient (Wildman–Crippen LogP) is 3.56. The van der Waals surface area contributed by atoms with Crippen molar-refractivity contribution in [1.29, 1.82) is 0 Å². The average molecular weight is 242 g/mol. The summed E-state index contributed by atoms with van der Waals surface area (Å²) in [5, 5.41) is 9.79. The van der Waals surface area contributed by atoms with Gasteiger partial charge in [-0.1, -0.05) is 30.4 Å². The third kappa shape index (κ3) is 2.70. The number of hydrogen-bond donors (Lipinski definition) is 1. The number of benzene rings is 1. The first-order valence-electron chi connectivity index (χ1n) is 6.37. The third-order valence-corrected chi connectivity index (χ3v) is 3.30. The van der Waals surface area contributed by atoms with Crippen molar-refractivity contribution < 1.29 is 9.90 Å². The number of carbonyl (C=O) groups is 1. The van der Waals surface area contributed by atoms with Gasteiger partial charge in [-0.2, -0.15) is 0 Å². The summed E-state index contributed by atoms with van der Waals surface area (Å²) in [7, 11) is 0. The highest BCUT2D eigenvalue weighted by atomic mass is 16.3. The monoisotopic (exact) mass is 242 g/mol. The van der Waals surface area contributed by atoms with Crippen LogP contribution in [0.3, 0.4) is 0 Å². The van der Waals surface area contributed by atoms with E-state index < -0.39 is 0 Å². The van der Waals surface area contributed by atoms with Crippen LogP contribution in [0.4, 0.5) is 0 Å². The first-order chi connectivity index (χ1) is 8.72. The van der Waals surface area contributed by atoms with Gasteiger partial charge in [0.25, 0.3) is 0 Å². The smallest absolute Gasteiger partial charge is 0.159 e. The average Bonchev–Trinajstić information content (AvgIpc) is 2.36. The second-order valence-electron chi connectivity index (χ2n) is 4.59. The van der Waals surface area contributed by atoms with Crippen molar-refractivity contribution in [3.05, 3.63) is 53.1 Å². The Hall–Kier alpha value is -1.83. The van der Waals surface area contributed by atoms with E-state index in [0.29, 0.717) is 12.8 Å². The molecule has 0 aromatic heterocycles.